The van der Waals surface area contributed by atoms with Gasteiger partial charge >= 0.3 is 0 Å². The van der Waals surface area contributed by atoms with Gasteiger partial charge in [0.25, 0.3) is 5.91 Å². The zero-order chi connectivity index (χ0) is 12.3. The highest BCUT2D eigenvalue weighted by Gasteiger charge is 2.15. The van der Waals surface area contributed by atoms with E-state index in [0.717, 1.165) is 6.07 Å². The molecule has 1 aromatic carbocycles. The molecule has 1 amide bonds. The van der Waals surface area contributed by atoms with Gasteiger partial charge in [-0.3, -0.25) is 4.79 Å². The van der Waals surface area contributed by atoms with E-state index in [4.69, 9.17) is 10.8 Å². The summed E-state index contributed by atoms with van der Waals surface area (Å²) >= 11 is 3.11. The minimum atomic E-state index is -0.849. The Kier molecular flexibility index (Phi) is 4.26. The van der Waals surface area contributed by atoms with Crippen molar-refractivity contribution in [2.75, 3.05) is 11.9 Å². The van der Waals surface area contributed by atoms with E-state index in [0.29, 0.717) is 4.47 Å². The standard InChI is InChI=1S/C10H12BrFN2O2/c1-5(15)4-14-8-3-6(11)2-7(12)9(8)10(13)16/h2-3,5,14-15H,4H2,1H3,(H2,13,16). The number of hydrogen-bond donors (Lipinski definition) is 3. The predicted octanol–water partition coefficient (Wildman–Crippen LogP) is 1.48. The minimum absolute atomic E-state index is 0.205. The number of aliphatic hydroxyl groups is 1. The van der Waals surface area contributed by atoms with Gasteiger partial charge in [-0.05, 0) is 19.1 Å². The maximum atomic E-state index is 13.5. The van der Waals surface area contributed by atoms with E-state index in [1.165, 1.54) is 6.07 Å². The molecule has 1 aromatic rings. The molecule has 1 unspecified atom stereocenters. The molecule has 1 atom stereocenters. The number of carbonyl (C=O) groups excluding carboxylic acids is 1. The molecule has 16 heavy (non-hydrogen) atoms. The highest BCUT2D eigenvalue weighted by atomic mass is 79.9. The number of benzene rings is 1. The highest BCUT2D eigenvalue weighted by Crippen LogP contribution is 2.24. The zero-order valence-electron chi connectivity index (χ0n) is 8.63. The lowest BCUT2D eigenvalue weighted by atomic mass is 10.1. The van der Waals surface area contributed by atoms with Gasteiger partial charge in [-0.15, -0.1) is 0 Å². The minimum Gasteiger partial charge on any atom is -0.392 e. The van der Waals surface area contributed by atoms with Gasteiger partial charge in [-0.25, -0.2) is 4.39 Å². The largest absolute Gasteiger partial charge is 0.392 e. The van der Waals surface area contributed by atoms with Crippen LogP contribution >= 0.6 is 15.9 Å². The average molecular weight is 291 g/mol. The van der Waals surface area contributed by atoms with Crippen LogP contribution in [0.3, 0.4) is 0 Å². The molecule has 0 aromatic heterocycles. The first-order chi connectivity index (χ1) is 7.41. The van der Waals surface area contributed by atoms with E-state index in [2.05, 4.69) is 21.2 Å². The Bertz CT molecular complexity index is 410. The first-order valence-electron chi connectivity index (χ1n) is 4.62. The molecule has 0 saturated heterocycles. The van der Waals surface area contributed by atoms with Crippen LogP contribution in [0, 0.1) is 5.82 Å². The Morgan fingerprint density at radius 1 is 1.69 bits per heavy atom. The van der Waals surface area contributed by atoms with Gasteiger partial charge in [-0.2, -0.15) is 0 Å². The second-order valence-corrected chi connectivity index (χ2v) is 4.32. The molecule has 6 heteroatoms. The van der Waals surface area contributed by atoms with Gasteiger partial charge in [0.05, 0.1) is 17.4 Å². The summed E-state index contributed by atoms with van der Waals surface area (Å²) in [5, 5.41) is 11.9. The van der Waals surface area contributed by atoms with E-state index in [-0.39, 0.29) is 17.8 Å². The molecule has 1 rings (SSSR count). The molecular formula is C10H12BrFN2O2. The van der Waals surface area contributed by atoms with Gasteiger partial charge in [0.2, 0.25) is 0 Å². The fraction of sp³-hybridized carbons (Fsp3) is 0.300. The molecule has 4 N–H and O–H groups in total. The van der Waals surface area contributed by atoms with Crippen molar-refractivity contribution in [3.8, 4) is 0 Å². The van der Waals surface area contributed by atoms with Gasteiger partial charge in [0.15, 0.2) is 0 Å². The summed E-state index contributed by atoms with van der Waals surface area (Å²) in [5.41, 5.74) is 5.13. The molecule has 0 saturated carbocycles. The lowest BCUT2D eigenvalue weighted by molar-refractivity contribution is 0.0997. The Morgan fingerprint density at radius 2 is 2.31 bits per heavy atom. The fourth-order valence-corrected chi connectivity index (χ4v) is 1.65. The number of carbonyl (C=O) groups is 1. The Balaban J connectivity index is 3.09. The molecule has 0 fully saturated rings. The van der Waals surface area contributed by atoms with E-state index in [9.17, 15) is 9.18 Å². The summed E-state index contributed by atoms with van der Waals surface area (Å²) < 4.78 is 13.9. The van der Waals surface area contributed by atoms with Crippen LogP contribution in [-0.4, -0.2) is 23.7 Å². The molecule has 0 radical (unpaired) electrons. The van der Waals surface area contributed by atoms with Gasteiger partial charge in [0.1, 0.15) is 5.82 Å². The number of anilines is 1. The van der Waals surface area contributed by atoms with E-state index in [1.807, 2.05) is 0 Å². The third-order valence-electron chi connectivity index (χ3n) is 1.89. The van der Waals surface area contributed by atoms with Crippen molar-refractivity contribution in [2.24, 2.45) is 5.73 Å². The van der Waals surface area contributed by atoms with Crippen molar-refractivity contribution >= 4 is 27.5 Å². The smallest absolute Gasteiger partial charge is 0.253 e. The number of primary amides is 1. The van der Waals surface area contributed by atoms with Gasteiger partial charge < -0.3 is 16.2 Å². The summed E-state index contributed by atoms with van der Waals surface area (Å²) in [4.78, 5) is 11.1. The van der Waals surface area contributed by atoms with Crippen LogP contribution in [0.2, 0.25) is 0 Å². The Labute approximate surface area is 101 Å². The van der Waals surface area contributed by atoms with Crippen molar-refractivity contribution in [2.45, 2.75) is 13.0 Å². The van der Waals surface area contributed by atoms with E-state index in [1.54, 1.807) is 6.92 Å². The monoisotopic (exact) mass is 290 g/mol. The van der Waals surface area contributed by atoms with Crippen molar-refractivity contribution in [1.82, 2.24) is 0 Å². The Morgan fingerprint density at radius 3 is 2.81 bits per heavy atom. The van der Waals surface area contributed by atoms with Crippen LogP contribution in [0.4, 0.5) is 10.1 Å². The maximum Gasteiger partial charge on any atom is 0.253 e. The summed E-state index contributed by atoms with van der Waals surface area (Å²) in [7, 11) is 0. The maximum absolute atomic E-state index is 13.5. The number of nitrogens with two attached hydrogens (primary N) is 1. The van der Waals surface area contributed by atoms with Crippen LogP contribution in [0.25, 0.3) is 0 Å². The Hall–Kier alpha value is -1.14. The predicted molar refractivity (Wildman–Crippen MR) is 62.8 cm³/mol. The van der Waals surface area contributed by atoms with Crippen LogP contribution < -0.4 is 11.1 Å². The van der Waals surface area contributed by atoms with Gasteiger partial charge in [-0.1, -0.05) is 15.9 Å². The number of amides is 1. The first kappa shape index (κ1) is 12.9. The SMILES string of the molecule is CC(O)CNc1cc(Br)cc(F)c1C(N)=O. The summed E-state index contributed by atoms with van der Waals surface area (Å²) in [6.07, 6.45) is -0.609. The second-order valence-electron chi connectivity index (χ2n) is 3.40. The summed E-state index contributed by atoms with van der Waals surface area (Å²) in [5.74, 6) is -1.55. The van der Waals surface area contributed by atoms with Crippen molar-refractivity contribution in [1.29, 1.82) is 0 Å². The summed E-state index contributed by atoms with van der Waals surface area (Å²) in [6.45, 7) is 1.78. The van der Waals surface area contributed by atoms with Crippen molar-refractivity contribution < 1.29 is 14.3 Å². The van der Waals surface area contributed by atoms with Gasteiger partial charge in [0, 0.05) is 11.0 Å². The quantitative estimate of drug-likeness (QED) is 0.786. The average Bonchev–Trinajstić information content (AvgIpc) is 2.12. The van der Waals surface area contributed by atoms with E-state index < -0.39 is 17.8 Å². The topological polar surface area (TPSA) is 75.3 Å². The summed E-state index contributed by atoms with van der Waals surface area (Å²) in [6, 6.07) is 2.69. The van der Waals surface area contributed by atoms with Crippen LogP contribution in [0.15, 0.2) is 16.6 Å². The second kappa shape index (κ2) is 5.27. The van der Waals surface area contributed by atoms with E-state index >= 15 is 0 Å². The highest BCUT2D eigenvalue weighted by molar-refractivity contribution is 9.10. The molecule has 88 valence electrons. The molecule has 0 aliphatic heterocycles. The normalized spacial score (nSPS) is 12.2. The number of halogens is 2. The molecule has 0 spiro atoms. The zero-order valence-corrected chi connectivity index (χ0v) is 10.2. The van der Waals surface area contributed by atoms with Crippen LogP contribution in [0.5, 0.6) is 0 Å². The number of nitrogens with one attached hydrogen (secondary N) is 1. The third kappa shape index (κ3) is 3.18. The molecule has 0 heterocycles. The van der Waals surface area contributed by atoms with Crippen LogP contribution in [0.1, 0.15) is 17.3 Å². The lowest BCUT2D eigenvalue weighted by Crippen LogP contribution is -2.20. The van der Waals surface area contributed by atoms with Crippen LogP contribution in [-0.2, 0) is 0 Å². The van der Waals surface area contributed by atoms with Crippen molar-refractivity contribution in [3.05, 3.63) is 28.0 Å². The third-order valence-corrected chi connectivity index (χ3v) is 2.35. The molecule has 0 aliphatic rings. The van der Waals surface area contributed by atoms with Crippen molar-refractivity contribution in [3.63, 3.8) is 0 Å². The molecule has 0 aliphatic carbocycles. The first-order valence-corrected chi connectivity index (χ1v) is 5.42. The molecular weight excluding hydrogens is 279 g/mol. The lowest BCUT2D eigenvalue weighted by Gasteiger charge is -2.12. The number of aliphatic hydroxyl groups excluding tert-OH is 1. The number of hydrogen-bond acceptors (Lipinski definition) is 3. The molecule has 4 nitrogen and oxygen atoms in total. The number of rotatable bonds is 4. The molecule has 0 bridgehead atoms. The fourth-order valence-electron chi connectivity index (χ4n) is 1.22.